The molecular weight excluding hydrogens is 142 g/mol. The van der Waals surface area contributed by atoms with Crippen molar-refractivity contribution in [2.45, 2.75) is 31.7 Å². The second-order valence-corrected chi connectivity index (χ2v) is 3.13. The molecule has 3 heteroatoms. The molecule has 1 rings (SSSR count). The van der Waals surface area contributed by atoms with E-state index in [1.807, 2.05) is 6.08 Å². The molecule has 0 aromatic rings. The summed E-state index contributed by atoms with van der Waals surface area (Å²) in [7, 11) is 0. The van der Waals surface area contributed by atoms with Crippen LogP contribution in [-0.4, -0.2) is 16.6 Å². The number of hydrogen-bond acceptors (Lipinski definition) is 2. The van der Waals surface area contributed by atoms with E-state index in [0.717, 1.165) is 24.8 Å². The van der Waals surface area contributed by atoms with Gasteiger partial charge in [-0.1, -0.05) is 6.08 Å². The third kappa shape index (κ3) is 1.43. The first-order valence-corrected chi connectivity index (χ1v) is 3.77. The number of nitrogens with two attached hydrogens (primary N) is 1. The fourth-order valence-electron chi connectivity index (χ4n) is 1.28. The summed E-state index contributed by atoms with van der Waals surface area (Å²) in [5.74, 6) is -0.939. The maximum absolute atomic E-state index is 10.6. The highest BCUT2D eigenvalue weighted by Crippen LogP contribution is 2.26. The number of carboxylic acids is 1. The van der Waals surface area contributed by atoms with Crippen molar-refractivity contribution in [2.75, 3.05) is 0 Å². The zero-order valence-corrected chi connectivity index (χ0v) is 6.63. The Morgan fingerprint density at radius 1 is 1.82 bits per heavy atom. The molecule has 0 amide bonds. The molecule has 0 heterocycles. The molecule has 0 saturated carbocycles. The number of aliphatic carboxylic acids is 1. The van der Waals surface area contributed by atoms with Crippen LogP contribution >= 0.6 is 0 Å². The van der Waals surface area contributed by atoms with Gasteiger partial charge in [0.25, 0.3) is 0 Å². The second kappa shape index (κ2) is 2.66. The minimum atomic E-state index is -1.14. The molecule has 11 heavy (non-hydrogen) atoms. The average molecular weight is 155 g/mol. The maximum Gasteiger partial charge on any atom is 0.327 e. The predicted octanol–water partition coefficient (Wildman–Crippen LogP) is 0.899. The van der Waals surface area contributed by atoms with Gasteiger partial charge >= 0.3 is 5.97 Å². The lowest BCUT2D eigenvalue weighted by atomic mass is 9.93. The molecule has 0 saturated heterocycles. The lowest BCUT2D eigenvalue weighted by molar-refractivity contribution is -0.141. The first kappa shape index (κ1) is 8.27. The molecule has 1 atom stereocenters. The van der Waals surface area contributed by atoms with Crippen LogP contribution in [0.15, 0.2) is 11.6 Å². The van der Waals surface area contributed by atoms with Gasteiger partial charge in [0.2, 0.25) is 0 Å². The predicted molar refractivity (Wildman–Crippen MR) is 42.2 cm³/mol. The van der Waals surface area contributed by atoms with Crippen LogP contribution in [0, 0.1) is 0 Å². The van der Waals surface area contributed by atoms with Gasteiger partial charge in [-0.2, -0.15) is 0 Å². The van der Waals surface area contributed by atoms with Crippen molar-refractivity contribution in [3.8, 4) is 0 Å². The average Bonchev–Trinajstić information content (AvgIpc) is 2.37. The van der Waals surface area contributed by atoms with E-state index in [4.69, 9.17) is 10.8 Å². The Morgan fingerprint density at radius 2 is 2.45 bits per heavy atom. The zero-order chi connectivity index (χ0) is 8.48. The molecule has 3 nitrogen and oxygen atoms in total. The van der Waals surface area contributed by atoms with E-state index in [9.17, 15) is 4.79 Å². The highest BCUT2D eigenvalue weighted by atomic mass is 16.4. The molecule has 0 aromatic carbocycles. The van der Waals surface area contributed by atoms with Crippen molar-refractivity contribution in [2.24, 2.45) is 5.73 Å². The van der Waals surface area contributed by atoms with Crippen molar-refractivity contribution in [3.63, 3.8) is 0 Å². The van der Waals surface area contributed by atoms with Gasteiger partial charge in [0.1, 0.15) is 5.54 Å². The molecule has 3 N–H and O–H groups in total. The fourth-order valence-corrected chi connectivity index (χ4v) is 1.28. The van der Waals surface area contributed by atoms with Gasteiger partial charge in [-0.3, -0.25) is 0 Å². The first-order chi connectivity index (χ1) is 5.05. The van der Waals surface area contributed by atoms with Gasteiger partial charge in [-0.05, 0) is 31.8 Å². The van der Waals surface area contributed by atoms with E-state index < -0.39 is 11.5 Å². The third-order valence-corrected chi connectivity index (χ3v) is 2.15. The molecule has 1 aliphatic rings. The molecular formula is C8H13NO2. The van der Waals surface area contributed by atoms with E-state index in [0.29, 0.717) is 0 Å². The van der Waals surface area contributed by atoms with Crippen LogP contribution in [0.1, 0.15) is 26.2 Å². The first-order valence-electron chi connectivity index (χ1n) is 3.77. The Kier molecular flexibility index (Phi) is 2.00. The lowest BCUT2D eigenvalue weighted by Crippen LogP contribution is -2.46. The second-order valence-electron chi connectivity index (χ2n) is 3.13. The molecule has 1 unspecified atom stereocenters. The Morgan fingerprint density at radius 3 is 2.82 bits per heavy atom. The van der Waals surface area contributed by atoms with Crippen molar-refractivity contribution in [1.29, 1.82) is 0 Å². The van der Waals surface area contributed by atoms with Crippen LogP contribution in [0.3, 0.4) is 0 Å². The van der Waals surface area contributed by atoms with Crippen molar-refractivity contribution < 1.29 is 9.90 Å². The quantitative estimate of drug-likeness (QED) is 0.582. The summed E-state index contributed by atoms with van der Waals surface area (Å²) in [6, 6.07) is 0. The van der Waals surface area contributed by atoms with Crippen LogP contribution < -0.4 is 5.73 Å². The standard InChI is InChI=1S/C8H13NO2/c1-8(9,7(10)11)6-4-2-3-5-6/h4H,2-3,5,9H2,1H3,(H,10,11). The van der Waals surface area contributed by atoms with E-state index in [-0.39, 0.29) is 0 Å². The molecule has 0 bridgehead atoms. The minimum Gasteiger partial charge on any atom is -0.480 e. The minimum absolute atomic E-state index is 0.833. The Hall–Kier alpha value is -0.830. The van der Waals surface area contributed by atoms with Crippen LogP contribution in [0.25, 0.3) is 0 Å². The van der Waals surface area contributed by atoms with Gasteiger partial charge in [0, 0.05) is 0 Å². The summed E-state index contributed by atoms with van der Waals surface area (Å²) < 4.78 is 0. The zero-order valence-electron chi connectivity index (χ0n) is 6.63. The summed E-state index contributed by atoms with van der Waals surface area (Å²) >= 11 is 0. The molecule has 0 radical (unpaired) electrons. The summed E-state index contributed by atoms with van der Waals surface area (Å²) in [6.07, 6.45) is 4.78. The molecule has 0 fully saturated rings. The topological polar surface area (TPSA) is 63.3 Å². The molecule has 1 aliphatic carbocycles. The van der Waals surface area contributed by atoms with Gasteiger partial charge in [0.05, 0.1) is 0 Å². The number of carboxylic acid groups (broad SMARTS) is 1. The molecule has 62 valence electrons. The van der Waals surface area contributed by atoms with E-state index >= 15 is 0 Å². The van der Waals surface area contributed by atoms with Crippen molar-refractivity contribution in [3.05, 3.63) is 11.6 Å². The number of carbonyl (C=O) groups is 1. The van der Waals surface area contributed by atoms with Gasteiger partial charge in [-0.15, -0.1) is 0 Å². The summed E-state index contributed by atoms with van der Waals surface area (Å²) in [4.78, 5) is 10.6. The van der Waals surface area contributed by atoms with Crippen LogP contribution in [0.5, 0.6) is 0 Å². The van der Waals surface area contributed by atoms with E-state index in [1.165, 1.54) is 0 Å². The van der Waals surface area contributed by atoms with Gasteiger partial charge in [-0.25, -0.2) is 4.79 Å². The Bertz CT molecular complexity index is 206. The lowest BCUT2D eigenvalue weighted by Gasteiger charge is -2.20. The highest BCUT2D eigenvalue weighted by molar-refractivity contribution is 5.82. The van der Waals surface area contributed by atoms with Gasteiger partial charge in [0.15, 0.2) is 0 Å². The molecule has 0 aliphatic heterocycles. The number of rotatable bonds is 2. The highest BCUT2D eigenvalue weighted by Gasteiger charge is 2.33. The normalized spacial score (nSPS) is 22.5. The maximum atomic E-state index is 10.6. The largest absolute Gasteiger partial charge is 0.480 e. The number of allylic oxidation sites excluding steroid dienone is 1. The van der Waals surface area contributed by atoms with Crippen LogP contribution in [-0.2, 0) is 4.79 Å². The SMILES string of the molecule is CC(N)(C(=O)O)C1=CCCC1. The summed E-state index contributed by atoms with van der Waals surface area (Å²) in [5, 5.41) is 8.74. The van der Waals surface area contributed by atoms with Crippen molar-refractivity contribution in [1.82, 2.24) is 0 Å². The van der Waals surface area contributed by atoms with Gasteiger partial charge < -0.3 is 10.8 Å². The van der Waals surface area contributed by atoms with Crippen molar-refractivity contribution >= 4 is 5.97 Å². The number of hydrogen-bond donors (Lipinski definition) is 2. The van der Waals surface area contributed by atoms with E-state index in [1.54, 1.807) is 6.92 Å². The fraction of sp³-hybridized carbons (Fsp3) is 0.625. The summed E-state index contributed by atoms with van der Waals surface area (Å²) in [6.45, 7) is 1.55. The Balaban J connectivity index is 2.79. The van der Waals surface area contributed by atoms with Crippen LogP contribution in [0.2, 0.25) is 0 Å². The molecule has 0 aromatic heterocycles. The van der Waals surface area contributed by atoms with E-state index in [2.05, 4.69) is 0 Å². The summed E-state index contributed by atoms with van der Waals surface area (Å²) in [5.41, 5.74) is 5.32. The smallest absolute Gasteiger partial charge is 0.327 e. The molecule has 0 spiro atoms. The third-order valence-electron chi connectivity index (χ3n) is 2.15. The van der Waals surface area contributed by atoms with Crippen LogP contribution in [0.4, 0.5) is 0 Å². The monoisotopic (exact) mass is 155 g/mol. The Labute approximate surface area is 65.9 Å².